The lowest BCUT2D eigenvalue weighted by Gasteiger charge is -2.28. The Balaban J connectivity index is 2.00. The first-order valence-electron chi connectivity index (χ1n) is 10.2. The van der Waals surface area contributed by atoms with E-state index in [-0.39, 0.29) is 35.7 Å². The Morgan fingerprint density at radius 1 is 1.11 bits per heavy atom. The minimum Gasteiger partial charge on any atom is -0.507 e. The number of carbonyl (C=O) groups is 2. The zero-order valence-electron chi connectivity index (χ0n) is 18.2. The Hall–Kier alpha value is -2.04. The maximum absolute atomic E-state index is 12.1. The van der Waals surface area contributed by atoms with Gasteiger partial charge in [0, 0.05) is 19.4 Å². The number of hydrogen-bond acceptors (Lipinski definition) is 4. The summed E-state index contributed by atoms with van der Waals surface area (Å²) >= 11 is 0. The number of ether oxygens (including phenoxy) is 1. The molecule has 156 valence electrons. The minimum absolute atomic E-state index is 0.143. The van der Waals surface area contributed by atoms with Crippen LogP contribution in [-0.2, 0) is 31.6 Å². The van der Waals surface area contributed by atoms with Gasteiger partial charge in [-0.25, -0.2) is 0 Å². The first-order chi connectivity index (χ1) is 12.9. The number of carbonyl (C=O) groups excluding carboxylic acids is 2. The van der Waals surface area contributed by atoms with E-state index in [1.807, 2.05) is 12.1 Å². The lowest BCUT2D eigenvalue weighted by molar-refractivity contribution is -0.145. The molecule has 1 fully saturated rings. The van der Waals surface area contributed by atoms with Crippen LogP contribution in [0.25, 0.3) is 0 Å². The SMILES string of the molecule is CC(C)(C)c1cc(CCC(=O)OCCN2CCCC2=O)cc(C(C)(C)C)c1O. The number of likely N-dealkylation sites (tertiary alicyclic amines) is 1. The molecular formula is C23H35NO4. The van der Waals surface area contributed by atoms with Gasteiger partial charge in [-0.2, -0.15) is 0 Å². The molecule has 1 aromatic carbocycles. The molecule has 0 aromatic heterocycles. The number of phenolic OH excluding ortho intramolecular Hbond substituents is 1. The second-order valence-electron chi connectivity index (χ2n) is 9.74. The number of aryl methyl sites for hydroxylation is 1. The maximum Gasteiger partial charge on any atom is 0.306 e. The predicted molar refractivity (Wildman–Crippen MR) is 111 cm³/mol. The molecule has 0 bridgehead atoms. The molecule has 1 aliphatic rings. The highest BCUT2D eigenvalue weighted by Crippen LogP contribution is 2.39. The lowest BCUT2D eigenvalue weighted by Crippen LogP contribution is -2.29. The molecule has 0 atom stereocenters. The number of nitrogens with zero attached hydrogens (tertiary/aromatic N) is 1. The summed E-state index contributed by atoms with van der Waals surface area (Å²) in [6.45, 7) is 13.9. The minimum atomic E-state index is -0.255. The van der Waals surface area contributed by atoms with Crippen LogP contribution in [0.5, 0.6) is 5.75 Å². The predicted octanol–water partition coefficient (Wildman–Crippen LogP) is 4.09. The Kier molecular flexibility index (Phi) is 6.79. The van der Waals surface area contributed by atoms with Crippen molar-refractivity contribution >= 4 is 11.9 Å². The average molecular weight is 390 g/mol. The van der Waals surface area contributed by atoms with E-state index in [0.29, 0.717) is 25.1 Å². The molecule has 1 aromatic rings. The number of hydrogen-bond donors (Lipinski definition) is 1. The number of benzene rings is 1. The van der Waals surface area contributed by atoms with Gasteiger partial charge in [-0.05, 0) is 40.4 Å². The average Bonchev–Trinajstić information content (AvgIpc) is 2.97. The van der Waals surface area contributed by atoms with Gasteiger partial charge >= 0.3 is 5.97 Å². The van der Waals surface area contributed by atoms with Crippen molar-refractivity contribution in [3.05, 3.63) is 28.8 Å². The van der Waals surface area contributed by atoms with Gasteiger partial charge < -0.3 is 14.7 Å². The molecule has 2 rings (SSSR count). The summed E-state index contributed by atoms with van der Waals surface area (Å²) in [5.41, 5.74) is 2.44. The van der Waals surface area contributed by atoms with Gasteiger partial charge in [0.25, 0.3) is 0 Å². The van der Waals surface area contributed by atoms with Gasteiger partial charge in [0.05, 0.1) is 6.54 Å². The molecule has 0 unspecified atom stereocenters. The van der Waals surface area contributed by atoms with E-state index in [0.717, 1.165) is 29.7 Å². The third kappa shape index (κ3) is 5.73. The van der Waals surface area contributed by atoms with Crippen molar-refractivity contribution in [1.82, 2.24) is 4.90 Å². The van der Waals surface area contributed by atoms with Gasteiger partial charge in [-0.15, -0.1) is 0 Å². The van der Waals surface area contributed by atoms with Gasteiger partial charge in [0.2, 0.25) is 5.91 Å². The Bertz CT molecular complexity index is 690. The lowest BCUT2D eigenvalue weighted by atomic mass is 9.78. The van der Waals surface area contributed by atoms with E-state index in [9.17, 15) is 14.7 Å². The maximum atomic E-state index is 12.1. The van der Waals surface area contributed by atoms with Crippen molar-refractivity contribution in [2.45, 2.75) is 78.1 Å². The second-order valence-corrected chi connectivity index (χ2v) is 9.74. The van der Waals surface area contributed by atoms with Crippen LogP contribution < -0.4 is 0 Å². The molecule has 0 spiro atoms. The van der Waals surface area contributed by atoms with E-state index in [1.54, 1.807) is 4.90 Å². The van der Waals surface area contributed by atoms with E-state index >= 15 is 0 Å². The number of rotatable bonds is 6. The standard InChI is InChI=1S/C23H35NO4/c1-22(2,3)17-14-16(15-18(21(17)27)23(4,5)6)9-10-20(26)28-13-12-24-11-7-8-19(24)25/h14-15,27H,7-13H2,1-6H3. The smallest absolute Gasteiger partial charge is 0.306 e. The normalized spacial score (nSPS) is 15.2. The van der Waals surface area contributed by atoms with Crippen molar-refractivity contribution in [2.24, 2.45) is 0 Å². The van der Waals surface area contributed by atoms with Crippen molar-refractivity contribution in [2.75, 3.05) is 19.7 Å². The van der Waals surface area contributed by atoms with Crippen LogP contribution in [0.1, 0.15) is 77.5 Å². The molecule has 1 heterocycles. The van der Waals surface area contributed by atoms with Crippen LogP contribution in [0.2, 0.25) is 0 Å². The van der Waals surface area contributed by atoms with Gasteiger partial charge in [0.15, 0.2) is 0 Å². The molecule has 1 amide bonds. The van der Waals surface area contributed by atoms with Crippen LogP contribution in [0.4, 0.5) is 0 Å². The van der Waals surface area contributed by atoms with Crippen LogP contribution in [0.3, 0.4) is 0 Å². The fourth-order valence-corrected chi connectivity index (χ4v) is 3.51. The molecule has 0 saturated carbocycles. The van der Waals surface area contributed by atoms with Gasteiger partial charge in [0.1, 0.15) is 12.4 Å². The monoisotopic (exact) mass is 389 g/mol. The van der Waals surface area contributed by atoms with Crippen molar-refractivity contribution in [3.63, 3.8) is 0 Å². The van der Waals surface area contributed by atoms with E-state index in [4.69, 9.17) is 4.74 Å². The largest absolute Gasteiger partial charge is 0.507 e. The highest BCUT2D eigenvalue weighted by Gasteiger charge is 2.26. The number of aromatic hydroxyl groups is 1. The molecule has 0 radical (unpaired) electrons. The van der Waals surface area contributed by atoms with E-state index < -0.39 is 0 Å². The molecule has 1 N–H and O–H groups in total. The molecule has 1 saturated heterocycles. The first kappa shape index (κ1) is 22.3. The van der Waals surface area contributed by atoms with E-state index in [2.05, 4.69) is 41.5 Å². The summed E-state index contributed by atoms with van der Waals surface area (Å²) in [6, 6.07) is 4.00. The summed E-state index contributed by atoms with van der Waals surface area (Å²) in [7, 11) is 0. The number of esters is 1. The summed E-state index contributed by atoms with van der Waals surface area (Å²) < 4.78 is 5.31. The summed E-state index contributed by atoms with van der Waals surface area (Å²) in [5.74, 6) is 0.237. The summed E-state index contributed by atoms with van der Waals surface area (Å²) in [6.07, 6.45) is 2.33. The molecule has 0 aliphatic carbocycles. The quantitative estimate of drug-likeness (QED) is 0.744. The Labute approximate surface area is 169 Å². The van der Waals surface area contributed by atoms with E-state index in [1.165, 1.54) is 0 Å². The molecular weight excluding hydrogens is 354 g/mol. The van der Waals surface area contributed by atoms with Gasteiger partial charge in [-0.3, -0.25) is 9.59 Å². The number of phenols is 1. The highest BCUT2D eigenvalue weighted by atomic mass is 16.5. The zero-order valence-corrected chi connectivity index (χ0v) is 18.2. The van der Waals surface area contributed by atoms with Crippen molar-refractivity contribution in [3.8, 4) is 5.75 Å². The van der Waals surface area contributed by atoms with Crippen LogP contribution in [0, 0.1) is 0 Å². The molecule has 5 nitrogen and oxygen atoms in total. The third-order valence-electron chi connectivity index (χ3n) is 5.20. The summed E-state index contributed by atoms with van der Waals surface area (Å²) in [5, 5.41) is 10.8. The molecule has 28 heavy (non-hydrogen) atoms. The highest BCUT2D eigenvalue weighted by molar-refractivity contribution is 5.78. The topological polar surface area (TPSA) is 66.8 Å². The van der Waals surface area contributed by atoms with Crippen LogP contribution >= 0.6 is 0 Å². The Morgan fingerprint density at radius 3 is 2.14 bits per heavy atom. The fourth-order valence-electron chi connectivity index (χ4n) is 3.51. The summed E-state index contributed by atoms with van der Waals surface area (Å²) in [4.78, 5) is 25.5. The Morgan fingerprint density at radius 2 is 1.68 bits per heavy atom. The van der Waals surface area contributed by atoms with Crippen LogP contribution in [-0.4, -0.2) is 41.6 Å². The number of amides is 1. The van der Waals surface area contributed by atoms with Crippen LogP contribution in [0.15, 0.2) is 12.1 Å². The zero-order chi connectivity index (χ0) is 21.1. The molecule has 1 aliphatic heterocycles. The fraction of sp³-hybridized carbons (Fsp3) is 0.652. The van der Waals surface area contributed by atoms with Crippen molar-refractivity contribution < 1.29 is 19.4 Å². The molecule has 5 heteroatoms. The second kappa shape index (κ2) is 8.54. The first-order valence-corrected chi connectivity index (χ1v) is 10.2. The third-order valence-corrected chi connectivity index (χ3v) is 5.20. The van der Waals surface area contributed by atoms with Gasteiger partial charge in [-0.1, -0.05) is 53.7 Å². The van der Waals surface area contributed by atoms with Crippen molar-refractivity contribution in [1.29, 1.82) is 0 Å².